The minimum absolute atomic E-state index is 0.0547. The van der Waals surface area contributed by atoms with Crippen LogP contribution in [0.5, 0.6) is 0 Å². The Morgan fingerprint density at radius 1 is 1.31 bits per heavy atom. The molecule has 94 valence electrons. The predicted octanol–water partition coefficient (Wildman–Crippen LogP) is 2.06. The van der Waals surface area contributed by atoms with E-state index < -0.39 is 0 Å². The molecule has 1 amide bonds. The molecule has 3 nitrogen and oxygen atoms in total. The van der Waals surface area contributed by atoms with Crippen LogP contribution >= 0.6 is 11.6 Å². The maximum Gasteiger partial charge on any atom is 0.220 e. The fourth-order valence-electron chi connectivity index (χ4n) is 2.29. The minimum atomic E-state index is -0.0606. The molecule has 0 aliphatic heterocycles. The normalized spacial score (nSPS) is 19.4. The molecule has 1 aliphatic rings. The van der Waals surface area contributed by atoms with Crippen LogP contribution in [0.1, 0.15) is 44.9 Å². The van der Waals surface area contributed by atoms with E-state index in [1.807, 2.05) is 0 Å². The molecule has 1 rings (SSSR count). The third-order valence-corrected chi connectivity index (χ3v) is 3.71. The summed E-state index contributed by atoms with van der Waals surface area (Å²) in [5.41, 5.74) is -0.0606. The summed E-state index contributed by atoms with van der Waals surface area (Å²) in [6.45, 7) is 0.799. The highest BCUT2D eigenvalue weighted by molar-refractivity contribution is 6.17. The van der Waals surface area contributed by atoms with Crippen molar-refractivity contribution in [3.8, 4) is 0 Å². The monoisotopic (exact) mass is 247 g/mol. The fraction of sp³-hybridized carbons (Fsp3) is 0.917. The molecule has 2 N–H and O–H groups in total. The zero-order valence-electron chi connectivity index (χ0n) is 9.80. The van der Waals surface area contributed by atoms with Crippen molar-refractivity contribution in [2.24, 2.45) is 5.41 Å². The summed E-state index contributed by atoms with van der Waals surface area (Å²) in [7, 11) is 0. The van der Waals surface area contributed by atoms with E-state index in [0.717, 1.165) is 32.1 Å². The number of aliphatic hydroxyl groups is 1. The molecule has 0 aromatic rings. The first-order valence-corrected chi connectivity index (χ1v) is 6.69. The van der Waals surface area contributed by atoms with Crippen molar-refractivity contribution >= 4 is 17.5 Å². The Balaban J connectivity index is 2.30. The van der Waals surface area contributed by atoms with Crippen LogP contribution in [0, 0.1) is 5.41 Å². The molecule has 0 spiro atoms. The summed E-state index contributed by atoms with van der Waals surface area (Å²) in [6.07, 6.45) is 6.85. The van der Waals surface area contributed by atoms with Crippen LogP contribution in [0.4, 0.5) is 0 Å². The SMILES string of the molecule is O=C(CCCCl)NCC1(CO)CCCCC1. The molecule has 0 aromatic carbocycles. The summed E-state index contributed by atoms with van der Waals surface area (Å²) < 4.78 is 0. The van der Waals surface area contributed by atoms with Gasteiger partial charge in [0, 0.05) is 24.3 Å². The second-order valence-electron chi connectivity index (χ2n) is 4.79. The van der Waals surface area contributed by atoms with Gasteiger partial charge < -0.3 is 10.4 Å². The molecule has 1 aliphatic carbocycles. The summed E-state index contributed by atoms with van der Waals surface area (Å²) >= 11 is 5.53. The quantitative estimate of drug-likeness (QED) is 0.706. The number of rotatable bonds is 6. The fourth-order valence-corrected chi connectivity index (χ4v) is 2.43. The Morgan fingerprint density at radius 2 is 2.00 bits per heavy atom. The lowest BCUT2D eigenvalue weighted by molar-refractivity contribution is -0.121. The van der Waals surface area contributed by atoms with E-state index in [-0.39, 0.29) is 17.9 Å². The van der Waals surface area contributed by atoms with Crippen molar-refractivity contribution < 1.29 is 9.90 Å². The lowest BCUT2D eigenvalue weighted by Gasteiger charge is -2.35. The van der Waals surface area contributed by atoms with Crippen LogP contribution in [-0.4, -0.2) is 30.0 Å². The van der Waals surface area contributed by atoms with Crippen LogP contribution < -0.4 is 5.32 Å². The first-order valence-electron chi connectivity index (χ1n) is 6.16. The molecule has 4 heteroatoms. The van der Waals surface area contributed by atoms with Gasteiger partial charge in [0.15, 0.2) is 0 Å². The summed E-state index contributed by atoms with van der Waals surface area (Å²) in [5, 5.41) is 12.4. The van der Waals surface area contributed by atoms with E-state index in [2.05, 4.69) is 5.32 Å². The van der Waals surface area contributed by atoms with Crippen LogP contribution in [0.3, 0.4) is 0 Å². The van der Waals surface area contributed by atoms with Crippen molar-refractivity contribution in [1.29, 1.82) is 0 Å². The third-order valence-electron chi connectivity index (χ3n) is 3.45. The Hall–Kier alpha value is -0.280. The highest BCUT2D eigenvalue weighted by Crippen LogP contribution is 2.35. The highest BCUT2D eigenvalue weighted by atomic mass is 35.5. The summed E-state index contributed by atoms with van der Waals surface area (Å²) in [6, 6.07) is 0. The van der Waals surface area contributed by atoms with Gasteiger partial charge in [-0.2, -0.15) is 0 Å². The van der Waals surface area contributed by atoms with Crippen LogP contribution in [-0.2, 0) is 4.79 Å². The van der Waals surface area contributed by atoms with Gasteiger partial charge >= 0.3 is 0 Å². The topological polar surface area (TPSA) is 49.3 Å². The smallest absolute Gasteiger partial charge is 0.220 e. The van der Waals surface area contributed by atoms with Crippen molar-refractivity contribution in [2.75, 3.05) is 19.0 Å². The predicted molar refractivity (Wildman–Crippen MR) is 65.6 cm³/mol. The zero-order valence-corrected chi connectivity index (χ0v) is 10.6. The lowest BCUT2D eigenvalue weighted by atomic mass is 9.74. The molecule has 0 atom stereocenters. The van der Waals surface area contributed by atoms with Crippen LogP contribution in [0.15, 0.2) is 0 Å². The largest absolute Gasteiger partial charge is 0.396 e. The summed E-state index contributed by atoms with van der Waals surface area (Å²) in [5.74, 6) is 0.581. The van der Waals surface area contributed by atoms with Gasteiger partial charge in [0.2, 0.25) is 5.91 Å². The van der Waals surface area contributed by atoms with Gasteiger partial charge in [-0.25, -0.2) is 0 Å². The maximum absolute atomic E-state index is 11.5. The molecule has 0 saturated heterocycles. The van der Waals surface area contributed by atoms with Crippen LogP contribution in [0.2, 0.25) is 0 Å². The second-order valence-corrected chi connectivity index (χ2v) is 5.17. The number of nitrogens with one attached hydrogen (secondary N) is 1. The first kappa shape index (κ1) is 13.8. The van der Waals surface area contributed by atoms with E-state index in [1.165, 1.54) is 6.42 Å². The van der Waals surface area contributed by atoms with Crippen molar-refractivity contribution in [3.05, 3.63) is 0 Å². The number of hydrogen-bond donors (Lipinski definition) is 2. The van der Waals surface area contributed by atoms with Gasteiger partial charge in [0.1, 0.15) is 0 Å². The molecule has 16 heavy (non-hydrogen) atoms. The molecule has 1 saturated carbocycles. The average Bonchev–Trinajstić information content (AvgIpc) is 2.35. The van der Waals surface area contributed by atoms with E-state index in [4.69, 9.17) is 11.6 Å². The number of carbonyl (C=O) groups excluding carboxylic acids is 1. The molecule has 0 aromatic heterocycles. The average molecular weight is 248 g/mol. The van der Waals surface area contributed by atoms with Crippen LogP contribution in [0.25, 0.3) is 0 Å². The highest BCUT2D eigenvalue weighted by Gasteiger charge is 2.31. The first-order chi connectivity index (χ1) is 7.72. The number of alkyl halides is 1. The van der Waals surface area contributed by atoms with Crippen molar-refractivity contribution in [3.63, 3.8) is 0 Å². The lowest BCUT2D eigenvalue weighted by Crippen LogP contribution is -2.41. The minimum Gasteiger partial charge on any atom is -0.396 e. The van der Waals surface area contributed by atoms with E-state index >= 15 is 0 Å². The van der Waals surface area contributed by atoms with Gasteiger partial charge in [0.25, 0.3) is 0 Å². The van der Waals surface area contributed by atoms with Crippen molar-refractivity contribution in [2.45, 2.75) is 44.9 Å². The molecule has 1 fully saturated rings. The van der Waals surface area contributed by atoms with E-state index in [9.17, 15) is 9.90 Å². The Bertz CT molecular complexity index is 215. The van der Waals surface area contributed by atoms with E-state index in [0.29, 0.717) is 18.8 Å². The Labute approximate surface area is 103 Å². The molecule has 0 radical (unpaired) electrons. The Kier molecular flexibility index (Phi) is 6.14. The molecule has 0 unspecified atom stereocenters. The van der Waals surface area contributed by atoms with E-state index in [1.54, 1.807) is 0 Å². The zero-order chi connectivity index (χ0) is 11.9. The summed E-state index contributed by atoms with van der Waals surface area (Å²) in [4.78, 5) is 11.5. The number of carbonyl (C=O) groups is 1. The Morgan fingerprint density at radius 3 is 2.56 bits per heavy atom. The molecular weight excluding hydrogens is 226 g/mol. The third kappa shape index (κ3) is 4.30. The number of halogens is 1. The van der Waals surface area contributed by atoms with Crippen molar-refractivity contribution in [1.82, 2.24) is 5.32 Å². The van der Waals surface area contributed by atoms with Gasteiger partial charge in [-0.3, -0.25) is 4.79 Å². The van der Waals surface area contributed by atoms with Gasteiger partial charge in [-0.1, -0.05) is 19.3 Å². The molecular formula is C12H22ClNO2. The standard InChI is InChI=1S/C12H22ClNO2/c13-8-4-5-11(16)14-9-12(10-15)6-2-1-3-7-12/h15H,1-10H2,(H,14,16). The maximum atomic E-state index is 11.5. The number of aliphatic hydroxyl groups excluding tert-OH is 1. The number of hydrogen-bond acceptors (Lipinski definition) is 2. The number of amides is 1. The second kappa shape index (κ2) is 7.13. The molecule has 0 bridgehead atoms. The van der Waals surface area contributed by atoms with Gasteiger partial charge in [0.05, 0.1) is 6.61 Å². The molecule has 0 heterocycles. The van der Waals surface area contributed by atoms with Gasteiger partial charge in [-0.05, 0) is 19.3 Å². The van der Waals surface area contributed by atoms with Gasteiger partial charge in [-0.15, -0.1) is 11.6 Å².